The van der Waals surface area contributed by atoms with Gasteiger partial charge in [0.05, 0.1) is 5.01 Å². The average molecular weight is 354 g/mol. The summed E-state index contributed by atoms with van der Waals surface area (Å²) in [6.07, 6.45) is 2.11. The van der Waals surface area contributed by atoms with Gasteiger partial charge < -0.3 is 10.6 Å². The first-order valence-corrected chi connectivity index (χ1v) is 5.93. The first kappa shape index (κ1) is 15.6. The third-order valence-electron chi connectivity index (χ3n) is 1.99. The molecule has 6 heteroatoms. The van der Waals surface area contributed by atoms with Crippen LogP contribution in [0.2, 0.25) is 0 Å². The summed E-state index contributed by atoms with van der Waals surface area (Å²) >= 11 is 1.74. The van der Waals surface area contributed by atoms with Crippen LogP contribution in [-0.4, -0.2) is 31.6 Å². The summed E-state index contributed by atoms with van der Waals surface area (Å²) in [6, 6.07) is 0. The van der Waals surface area contributed by atoms with Crippen LogP contribution in [0.15, 0.2) is 10.4 Å². The standard InChI is InChI=1S/C10H18N4S.HI/c1-8-7-15-9(14-8)5-4-6-13-10(11-2)12-3;/h7H,4-6H2,1-3H3,(H2,11,12,13);1H. The summed E-state index contributed by atoms with van der Waals surface area (Å²) in [5.74, 6) is 0.838. The van der Waals surface area contributed by atoms with E-state index in [-0.39, 0.29) is 24.0 Å². The molecule has 0 aliphatic rings. The summed E-state index contributed by atoms with van der Waals surface area (Å²) in [7, 11) is 3.63. The van der Waals surface area contributed by atoms with Crippen LogP contribution >= 0.6 is 35.3 Å². The Bertz CT molecular complexity index is 324. The molecule has 0 radical (unpaired) electrons. The number of hydrogen-bond donors (Lipinski definition) is 2. The van der Waals surface area contributed by atoms with E-state index < -0.39 is 0 Å². The van der Waals surface area contributed by atoms with Crippen molar-refractivity contribution in [3.05, 3.63) is 16.1 Å². The van der Waals surface area contributed by atoms with Crippen molar-refractivity contribution in [3.63, 3.8) is 0 Å². The van der Waals surface area contributed by atoms with E-state index in [1.165, 1.54) is 5.01 Å². The highest BCUT2D eigenvalue weighted by Crippen LogP contribution is 2.10. The normalized spacial score (nSPS) is 10.8. The lowest BCUT2D eigenvalue weighted by Gasteiger charge is -2.06. The minimum Gasteiger partial charge on any atom is -0.359 e. The summed E-state index contributed by atoms with van der Waals surface area (Å²) < 4.78 is 0. The zero-order chi connectivity index (χ0) is 11.1. The van der Waals surface area contributed by atoms with Crippen LogP contribution in [0.5, 0.6) is 0 Å². The van der Waals surface area contributed by atoms with Gasteiger partial charge in [-0.3, -0.25) is 4.99 Å². The first-order valence-electron chi connectivity index (χ1n) is 5.05. The number of nitrogens with one attached hydrogen (secondary N) is 2. The molecular formula is C10H19IN4S. The van der Waals surface area contributed by atoms with Gasteiger partial charge in [-0.2, -0.15) is 0 Å². The molecule has 0 atom stereocenters. The van der Waals surface area contributed by atoms with Gasteiger partial charge in [-0.1, -0.05) is 0 Å². The van der Waals surface area contributed by atoms with Crippen molar-refractivity contribution in [3.8, 4) is 0 Å². The van der Waals surface area contributed by atoms with Crippen LogP contribution in [0.3, 0.4) is 0 Å². The molecule has 0 aliphatic carbocycles. The van der Waals surface area contributed by atoms with Crippen molar-refractivity contribution in [2.45, 2.75) is 19.8 Å². The summed E-state index contributed by atoms with van der Waals surface area (Å²) in [6.45, 7) is 2.95. The van der Waals surface area contributed by atoms with Gasteiger partial charge in [-0.15, -0.1) is 35.3 Å². The predicted octanol–water partition coefficient (Wildman–Crippen LogP) is 1.80. The number of aliphatic imine (C=N–C) groups is 1. The van der Waals surface area contributed by atoms with E-state index in [0.29, 0.717) is 0 Å². The molecule has 0 aliphatic heterocycles. The zero-order valence-electron chi connectivity index (χ0n) is 9.91. The number of hydrogen-bond acceptors (Lipinski definition) is 3. The molecule has 16 heavy (non-hydrogen) atoms. The number of nitrogens with zero attached hydrogens (tertiary/aromatic N) is 2. The highest BCUT2D eigenvalue weighted by molar-refractivity contribution is 14.0. The molecule has 0 fully saturated rings. The molecule has 0 bridgehead atoms. The van der Waals surface area contributed by atoms with Crippen molar-refractivity contribution < 1.29 is 0 Å². The van der Waals surface area contributed by atoms with Gasteiger partial charge in [-0.05, 0) is 13.3 Å². The maximum atomic E-state index is 4.41. The van der Waals surface area contributed by atoms with Gasteiger partial charge in [0.2, 0.25) is 0 Å². The molecule has 1 rings (SSSR count). The van der Waals surface area contributed by atoms with Crippen LogP contribution in [0, 0.1) is 6.92 Å². The molecule has 0 aromatic carbocycles. The van der Waals surface area contributed by atoms with Crippen molar-refractivity contribution in [2.24, 2.45) is 4.99 Å². The van der Waals surface area contributed by atoms with Gasteiger partial charge in [0.1, 0.15) is 0 Å². The quantitative estimate of drug-likeness (QED) is 0.375. The second-order valence-corrected chi connectivity index (χ2v) is 4.18. The Balaban J connectivity index is 0.00000225. The number of aryl methyl sites for hydroxylation is 2. The molecular weight excluding hydrogens is 335 g/mol. The maximum absolute atomic E-state index is 4.41. The topological polar surface area (TPSA) is 49.3 Å². The molecule has 0 amide bonds. The Kier molecular flexibility index (Phi) is 8.54. The fourth-order valence-electron chi connectivity index (χ4n) is 1.24. The predicted molar refractivity (Wildman–Crippen MR) is 81.0 cm³/mol. The zero-order valence-corrected chi connectivity index (χ0v) is 13.1. The molecule has 0 saturated carbocycles. The smallest absolute Gasteiger partial charge is 0.190 e. The van der Waals surface area contributed by atoms with Crippen LogP contribution in [-0.2, 0) is 6.42 Å². The van der Waals surface area contributed by atoms with Gasteiger partial charge in [0.15, 0.2) is 5.96 Å². The summed E-state index contributed by atoms with van der Waals surface area (Å²) in [5, 5.41) is 9.50. The van der Waals surface area contributed by atoms with E-state index in [4.69, 9.17) is 0 Å². The minimum atomic E-state index is 0. The van der Waals surface area contributed by atoms with E-state index in [1.54, 1.807) is 18.4 Å². The summed E-state index contributed by atoms with van der Waals surface area (Å²) in [4.78, 5) is 8.45. The van der Waals surface area contributed by atoms with Gasteiger partial charge >= 0.3 is 0 Å². The Morgan fingerprint density at radius 1 is 1.56 bits per heavy atom. The number of guanidine groups is 1. The molecule has 0 unspecified atom stereocenters. The molecule has 2 N–H and O–H groups in total. The van der Waals surface area contributed by atoms with E-state index in [0.717, 1.165) is 31.0 Å². The van der Waals surface area contributed by atoms with Crippen LogP contribution in [0.25, 0.3) is 0 Å². The van der Waals surface area contributed by atoms with E-state index in [9.17, 15) is 0 Å². The maximum Gasteiger partial charge on any atom is 0.190 e. The number of halogens is 1. The number of rotatable bonds is 4. The average Bonchev–Trinajstić information content (AvgIpc) is 2.65. The largest absolute Gasteiger partial charge is 0.359 e. The van der Waals surface area contributed by atoms with Crippen molar-refractivity contribution in [1.29, 1.82) is 0 Å². The second kappa shape index (κ2) is 8.74. The Labute approximate surface area is 118 Å². The number of thiazole rings is 1. The lowest BCUT2D eigenvalue weighted by atomic mass is 10.3. The van der Waals surface area contributed by atoms with E-state index in [2.05, 4.69) is 26.0 Å². The number of aromatic nitrogens is 1. The highest BCUT2D eigenvalue weighted by Gasteiger charge is 1.98. The fourth-order valence-corrected chi connectivity index (χ4v) is 2.06. The lowest BCUT2D eigenvalue weighted by molar-refractivity contribution is 0.754. The molecule has 1 heterocycles. The molecule has 0 spiro atoms. The first-order chi connectivity index (χ1) is 7.26. The van der Waals surface area contributed by atoms with Gasteiger partial charge in [0, 0.05) is 38.1 Å². The third kappa shape index (κ3) is 5.64. The molecule has 1 aromatic rings. The van der Waals surface area contributed by atoms with E-state index in [1.807, 2.05) is 14.0 Å². The second-order valence-electron chi connectivity index (χ2n) is 3.24. The Hall–Kier alpha value is -0.370. The highest BCUT2D eigenvalue weighted by atomic mass is 127. The van der Waals surface area contributed by atoms with Crippen LogP contribution in [0.1, 0.15) is 17.1 Å². The molecule has 92 valence electrons. The van der Waals surface area contributed by atoms with E-state index >= 15 is 0 Å². The van der Waals surface area contributed by atoms with Crippen LogP contribution in [0.4, 0.5) is 0 Å². The van der Waals surface area contributed by atoms with Crippen molar-refractivity contribution in [2.75, 3.05) is 20.6 Å². The Morgan fingerprint density at radius 2 is 2.31 bits per heavy atom. The van der Waals surface area contributed by atoms with Crippen LogP contribution < -0.4 is 10.6 Å². The fraction of sp³-hybridized carbons (Fsp3) is 0.600. The SMILES string of the molecule is CN=C(NC)NCCCc1nc(C)cs1.I. The Morgan fingerprint density at radius 3 is 2.81 bits per heavy atom. The molecule has 0 saturated heterocycles. The van der Waals surface area contributed by atoms with Gasteiger partial charge in [0.25, 0.3) is 0 Å². The molecule has 1 aromatic heterocycles. The lowest BCUT2D eigenvalue weighted by Crippen LogP contribution is -2.35. The van der Waals surface area contributed by atoms with Gasteiger partial charge in [-0.25, -0.2) is 4.98 Å². The summed E-state index contributed by atoms with van der Waals surface area (Å²) in [5.41, 5.74) is 1.12. The third-order valence-corrected chi connectivity index (χ3v) is 3.01. The van der Waals surface area contributed by atoms with Crippen molar-refractivity contribution >= 4 is 41.3 Å². The van der Waals surface area contributed by atoms with Crippen molar-refractivity contribution in [1.82, 2.24) is 15.6 Å². The minimum absolute atomic E-state index is 0. The monoisotopic (exact) mass is 354 g/mol. The molecule has 4 nitrogen and oxygen atoms in total.